The van der Waals surface area contributed by atoms with Crippen LogP contribution in [0, 0.1) is 5.92 Å². The van der Waals surface area contributed by atoms with Crippen LogP contribution in [0.15, 0.2) is 54.7 Å². The van der Waals surface area contributed by atoms with Crippen LogP contribution in [0.4, 0.5) is 11.6 Å². The molecule has 1 saturated carbocycles. The van der Waals surface area contributed by atoms with Crippen molar-refractivity contribution in [2.75, 3.05) is 18.5 Å². The van der Waals surface area contributed by atoms with Gasteiger partial charge in [0.15, 0.2) is 12.4 Å². The van der Waals surface area contributed by atoms with Crippen LogP contribution in [-0.2, 0) is 4.79 Å². The van der Waals surface area contributed by atoms with E-state index in [2.05, 4.69) is 20.8 Å². The number of ether oxygens (including phenoxy) is 2. The molecule has 0 saturated heterocycles. The van der Waals surface area contributed by atoms with Gasteiger partial charge in [-0.1, -0.05) is 12.1 Å². The highest BCUT2D eigenvalue weighted by Crippen LogP contribution is 2.32. The van der Waals surface area contributed by atoms with E-state index < -0.39 is 0 Å². The number of rotatable bonds is 10. The Bertz CT molecular complexity index is 1320. The van der Waals surface area contributed by atoms with Crippen molar-refractivity contribution in [3.63, 3.8) is 0 Å². The summed E-state index contributed by atoms with van der Waals surface area (Å²) in [4.78, 5) is 21.8. The molecule has 0 bridgehead atoms. The minimum absolute atomic E-state index is 0.0358. The Morgan fingerprint density at radius 1 is 1.11 bits per heavy atom. The number of nitrogens with one attached hydrogen (secondary N) is 3. The average Bonchev–Trinajstić information content (AvgIpc) is 3.60. The number of hydrogen-bond acceptors (Lipinski definition) is 7. The topological polar surface area (TPSA) is 114 Å². The predicted molar refractivity (Wildman–Crippen MR) is 134 cm³/mol. The van der Waals surface area contributed by atoms with Gasteiger partial charge in [-0.15, -0.1) is 0 Å². The summed E-state index contributed by atoms with van der Waals surface area (Å²) in [7, 11) is 0. The maximum atomic E-state index is 12.2. The van der Waals surface area contributed by atoms with Gasteiger partial charge < -0.3 is 20.1 Å². The monoisotopic (exact) mass is 472 g/mol. The first-order valence-corrected chi connectivity index (χ1v) is 11.8. The molecular weight excluding hydrogens is 444 g/mol. The van der Waals surface area contributed by atoms with Gasteiger partial charge in [0.2, 0.25) is 0 Å². The smallest absolute Gasteiger partial charge is 0.258 e. The molecule has 2 aromatic carbocycles. The molecule has 180 valence electrons. The first kappa shape index (κ1) is 22.6. The van der Waals surface area contributed by atoms with Crippen LogP contribution in [0.5, 0.6) is 11.5 Å². The Labute approximate surface area is 203 Å². The molecule has 5 rings (SSSR count). The highest BCUT2D eigenvalue weighted by Gasteiger charge is 2.28. The molecule has 1 fully saturated rings. The Balaban J connectivity index is 1.40. The lowest BCUT2D eigenvalue weighted by Gasteiger charge is -2.14. The van der Waals surface area contributed by atoms with Gasteiger partial charge in [-0.3, -0.25) is 9.89 Å². The summed E-state index contributed by atoms with van der Waals surface area (Å²) < 4.78 is 11.4. The zero-order valence-electron chi connectivity index (χ0n) is 19.7. The number of amides is 1. The molecule has 1 unspecified atom stereocenters. The number of anilines is 2. The zero-order valence-corrected chi connectivity index (χ0v) is 19.7. The van der Waals surface area contributed by atoms with E-state index in [-0.39, 0.29) is 18.6 Å². The van der Waals surface area contributed by atoms with E-state index in [1.807, 2.05) is 62.4 Å². The van der Waals surface area contributed by atoms with Crippen molar-refractivity contribution in [2.45, 2.75) is 32.7 Å². The van der Waals surface area contributed by atoms with Gasteiger partial charge in [0.05, 0.1) is 18.3 Å². The number of nitrogens with zero attached hydrogens (tertiary/aromatic N) is 3. The Kier molecular flexibility index (Phi) is 6.47. The fraction of sp³-hybridized carbons (Fsp3) is 0.308. The molecule has 2 aromatic heterocycles. The number of carbonyl (C=O) groups is 1. The summed E-state index contributed by atoms with van der Waals surface area (Å²) >= 11 is 0. The summed E-state index contributed by atoms with van der Waals surface area (Å²) in [5.41, 5.74) is 1.54. The summed E-state index contributed by atoms with van der Waals surface area (Å²) in [6.07, 6.45) is 4.03. The summed E-state index contributed by atoms with van der Waals surface area (Å²) in [5, 5.41) is 14.0. The molecule has 4 aromatic rings. The van der Waals surface area contributed by atoms with Gasteiger partial charge in [0.1, 0.15) is 23.1 Å². The predicted octanol–water partition coefficient (Wildman–Crippen LogP) is 4.46. The second-order valence-electron chi connectivity index (χ2n) is 8.61. The second kappa shape index (κ2) is 10.0. The molecule has 1 aliphatic carbocycles. The number of benzene rings is 2. The highest BCUT2D eigenvalue weighted by atomic mass is 16.5. The normalized spacial score (nSPS) is 13.9. The van der Waals surface area contributed by atoms with Crippen molar-refractivity contribution in [2.24, 2.45) is 5.92 Å². The van der Waals surface area contributed by atoms with Crippen LogP contribution < -0.4 is 20.1 Å². The number of aromatic nitrogens is 4. The van der Waals surface area contributed by atoms with Gasteiger partial charge in [-0.05, 0) is 62.9 Å². The summed E-state index contributed by atoms with van der Waals surface area (Å²) in [6, 6.07) is 15.2. The van der Waals surface area contributed by atoms with Crippen LogP contribution in [-0.4, -0.2) is 45.3 Å². The molecule has 35 heavy (non-hydrogen) atoms. The minimum atomic E-state index is -0.118. The maximum absolute atomic E-state index is 12.2. The largest absolute Gasteiger partial charge is 0.494 e. The first-order valence-electron chi connectivity index (χ1n) is 11.8. The SMILES string of the molecule is CCOc1ccc2nc(-c3cccc(OCC(=O)NC(C)C4CC4)c3)nc(Nc3ccn[nH]3)c2c1. The van der Waals surface area contributed by atoms with Gasteiger partial charge in [0.25, 0.3) is 5.91 Å². The van der Waals surface area contributed by atoms with E-state index in [9.17, 15) is 4.79 Å². The Morgan fingerprint density at radius 2 is 1.97 bits per heavy atom. The molecule has 1 amide bonds. The molecule has 9 heteroatoms. The average molecular weight is 473 g/mol. The van der Waals surface area contributed by atoms with Gasteiger partial charge in [-0.25, -0.2) is 9.97 Å². The standard InChI is InChI=1S/C26H28N6O3/c1-3-34-20-9-10-22-21(14-20)26(30-23-11-12-27-32-23)31-25(29-22)18-5-4-6-19(13-18)35-15-24(33)28-16(2)17-7-8-17/h4-6,9-14,16-17H,3,7-8,15H2,1-2H3,(H,28,33)(H2,27,29,30,31,32). The molecule has 0 spiro atoms. The molecule has 0 radical (unpaired) electrons. The third-order valence-corrected chi connectivity index (χ3v) is 5.91. The fourth-order valence-electron chi connectivity index (χ4n) is 3.92. The fourth-order valence-corrected chi connectivity index (χ4v) is 3.92. The summed E-state index contributed by atoms with van der Waals surface area (Å²) in [6.45, 7) is 4.52. The molecule has 2 heterocycles. The van der Waals surface area contributed by atoms with Gasteiger partial charge in [-0.2, -0.15) is 5.10 Å². The first-order chi connectivity index (χ1) is 17.1. The van der Waals surface area contributed by atoms with Crippen molar-refractivity contribution in [1.82, 2.24) is 25.5 Å². The zero-order chi connectivity index (χ0) is 24.2. The lowest BCUT2D eigenvalue weighted by atomic mass is 10.1. The van der Waals surface area contributed by atoms with Crippen molar-refractivity contribution < 1.29 is 14.3 Å². The highest BCUT2D eigenvalue weighted by molar-refractivity contribution is 5.93. The van der Waals surface area contributed by atoms with Crippen LogP contribution in [0.2, 0.25) is 0 Å². The Hall–Kier alpha value is -4.14. The number of H-pyrrole nitrogens is 1. The number of aromatic amines is 1. The van der Waals surface area contributed by atoms with Crippen molar-refractivity contribution in [3.8, 4) is 22.9 Å². The van der Waals surface area contributed by atoms with Gasteiger partial charge in [0, 0.05) is 23.1 Å². The molecule has 0 aliphatic heterocycles. The van der Waals surface area contributed by atoms with E-state index >= 15 is 0 Å². The third kappa shape index (κ3) is 5.51. The van der Waals surface area contributed by atoms with E-state index in [0.717, 1.165) is 22.2 Å². The minimum Gasteiger partial charge on any atom is -0.494 e. The van der Waals surface area contributed by atoms with Gasteiger partial charge >= 0.3 is 0 Å². The second-order valence-corrected chi connectivity index (χ2v) is 8.61. The lowest BCUT2D eigenvalue weighted by Crippen LogP contribution is -2.37. The maximum Gasteiger partial charge on any atom is 0.258 e. The Morgan fingerprint density at radius 3 is 2.74 bits per heavy atom. The van der Waals surface area contributed by atoms with Crippen molar-refractivity contribution in [1.29, 1.82) is 0 Å². The van der Waals surface area contributed by atoms with Crippen LogP contribution in [0.3, 0.4) is 0 Å². The number of hydrogen-bond donors (Lipinski definition) is 3. The molecule has 3 N–H and O–H groups in total. The molecular formula is C26H28N6O3. The summed E-state index contributed by atoms with van der Waals surface area (Å²) in [5.74, 6) is 3.66. The quantitative estimate of drug-likeness (QED) is 0.312. The van der Waals surface area contributed by atoms with E-state index in [1.165, 1.54) is 12.8 Å². The molecule has 1 atom stereocenters. The third-order valence-electron chi connectivity index (χ3n) is 5.91. The number of carbonyl (C=O) groups excluding carboxylic acids is 1. The van der Waals surface area contributed by atoms with Crippen LogP contribution in [0.1, 0.15) is 26.7 Å². The number of fused-ring (bicyclic) bond motifs is 1. The van der Waals surface area contributed by atoms with E-state index in [0.29, 0.717) is 35.7 Å². The van der Waals surface area contributed by atoms with Crippen molar-refractivity contribution in [3.05, 3.63) is 54.7 Å². The van der Waals surface area contributed by atoms with Crippen molar-refractivity contribution >= 4 is 28.4 Å². The van der Waals surface area contributed by atoms with E-state index in [4.69, 9.17) is 19.4 Å². The van der Waals surface area contributed by atoms with Crippen LogP contribution >= 0.6 is 0 Å². The molecule has 9 nitrogen and oxygen atoms in total. The van der Waals surface area contributed by atoms with E-state index in [1.54, 1.807) is 6.20 Å². The molecule has 1 aliphatic rings. The lowest BCUT2D eigenvalue weighted by molar-refractivity contribution is -0.123. The van der Waals surface area contributed by atoms with Crippen LogP contribution in [0.25, 0.3) is 22.3 Å².